The Hall–Kier alpha value is -1.56. The molecule has 1 fully saturated rings. The molecule has 0 bridgehead atoms. The smallest absolute Gasteiger partial charge is 0.323 e. The minimum Gasteiger partial charge on any atom is -0.481 e. The highest BCUT2D eigenvalue weighted by Crippen LogP contribution is 2.20. The first-order valence-corrected chi connectivity index (χ1v) is 5.66. The van der Waals surface area contributed by atoms with Crippen LogP contribution in [-0.2, 0) is 0 Å². The van der Waals surface area contributed by atoms with Crippen molar-refractivity contribution in [1.29, 1.82) is 0 Å². The molecule has 0 aliphatic carbocycles. The molecule has 0 spiro atoms. The molecule has 0 atom stereocenters. The zero-order valence-electron chi connectivity index (χ0n) is 10.1. The van der Waals surface area contributed by atoms with Gasteiger partial charge in [0, 0.05) is 0 Å². The molecule has 0 unspecified atom stereocenters. The van der Waals surface area contributed by atoms with E-state index in [-0.39, 0.29) is 6.10 Å². The molecular formula is C11H17N3O3. The molecule has 0 saturated carbocycles. The molecule has 1 N–H and O–H groups in total. The standard InChI is InChI=1S/C11H17N3O3/c1-15-9-7-10(16-2)14-11(13-9)17-8-3-5-12-6-4-8/h7-8,12H,3-6H2,1-2H3. The number of piperidine rings is 1. The fraction of sp³-hybridized carbons (Fsp3) is 0.636. The van der Waals surface area contributed by atoms with Gasteiger partial charge in [-0.1, -0.05) is 0 Å². The molecule has 1 saturated heterocycles. The van der Waals surface area contributed by atoms with Gasteiger partial charge in [0.1, 0.15) is 6.10 Å². The van der Waals surface area contributed by atoms with Crippen LogP contribution in [0.25, 0.3) is 0 Å². The van der Waals surface area contributed by atoms with Gasteiger partial charge in [0.2, 0.25) is 11.8 Å². The summed E-state index contributed by atoms with van der Waals surface area (Å²) in [6, 6.07) is 1.93. The second-order valence-corrected chi connectivity index (χ2v) is 3.80. The van der Waals surface area contributed by atoms with Crippen LogP contribution in [0.4, 0.5) is 0 Å². The van der Waals surface area contributed by atoms with Crippen LogP contribution < -0.4 is 19.5 Å². The highest BCUT2D eigenvalue weighted by Gasteiger charge is 2.17. The van der Waals surface area contributed by atoms with Gasteiger partial charge in [0.25, 0.3) is 0 Å². The van der Waals surface area contributed by atoms with Crippen molar-refractivity contribution in [2.45, 2.75) is 18.9 Å². The number of ether oxygens (including phenoxy) is 3. The van der Waals surface area contributed by atoms with E-state index in [1.807, 2.05) is 0 Å². The van der Waals surface area contributed by atoms with Crippen LogP contribution in [0, 0.1) is 0 Å². The summed E-state index contributed by atoms with van der Waals surface area (Å²) >= 11 is 0. The first kappa shape index (κ1) is 11.9. The van der Waals surface area contributed by atoms with E-state index in [1.54, 1.807) is 20.3 Å². The summed E-state index contributed by atoms with van der Waals surface area (Å²) in [5.74, 6) is 0.890. The zero-order chi connectivity index (χ0) is 12.1. The molecule has 94 valence electrons. The van der Waals surface area contributed by atoms with E-state index in [9.17, 15) is 0 Å². The third-order valence-corrected chi connectivity index (χ3v) is 2.64. The molecule has 0 amide bonds. The van der Waals surface area contributed by atoms with E-state index >= 15 is 0 Å². The first-order chi connectivity index (χ1) is 8.31. The van der Waals surface area contributed by atoms with Crippen molar-refractivity contribution in [3.05, 3.63) is 6.07 Å². The Bertz CT molecular complexity index is 345. The Morgan fingerprint density at radius 3 is 2.24 bits per heavy atom. The Morgan fingerprint density at radius 2 is 1.71 bits per heavy atom. The second kappa shape index (κ2) is 5.67. The number of methoxy groups -OCH3 is 2. The summed E-state index contributed by atoms with van der Waals surface area (Å²) in [6.07, 6.45) is 2.08. The summed E-state index contributed by atoms with van der Waals surface area (Å²) < 4.78 is 15.8. The van der Waals surface area contributed by atoms with Gasteiger partial charge in [-0.25, -0.2) is 0 Å². The van der Waals surface area contributed by atoms with Crippen molar-refractivity contribution >= 4 is 0 Å². The largest absolute Gasteiger partial charge is 0.481 e. The van der Waals surface area contributed by atoms with E-state index in [0.717, 1.165) is 25.9 Å². The van der Waals surface area contributed by atoms with Crippen molar-refractivity contribution < 1.29 is 14.2 Å². The SMILES string of the molecule is COc1cc(OC)nc(OC2CCNCC2)n1. The summed E-state index contributed by atoms with van der Waals surface area (Å²) in [7, 11) is 3.10. The van der Waals surface area contributed by atoms with Crippen LogP contribution in [-0.4, -0.2) is 43.4 Å². The molecule has 2 heterocycles. The zero-order valence-corrected chi connectivity index (χ0v) is 10.1. The molecule has 6 heteroatoms. The van der Waals surface area contributed by atoms with E-state index < -0.39 is 0 Å². The van der Waals surface area contributed by atoms with Crippen LogP contribution >= 0.6 is 0 Å². The van der Waals surface area contributed by atoms with Crippen molar-refractivity contribution in [3.63, 3.8) is 0 Å². The van der Waals surface area contributed by atoms with E-state index in [1.165, 1.54) is 0 Å². The van der Waals surface area contributed by atoms with E-state index in [0.29, 0.717) is 17.8 Å². The Kier molecular flexibility index (Phi) is 3.98. The fourth-order valence-electron chi connectivity index (χ4n) is 1.71. The minimum absolute atomic E-state index is 0.160. The lowest BCUT2D eigenvalue weighted by Gasteiger charge is -2.22. The van der Waals surface area contributed by atoms with E-state index in [4.69, 9.17) is 14.2 Å². The molecular weight excluding hydrogens is 222 g/mol. The summed E-state index contributed by atoms with van der Waals surface area (Å²) in [4.78, 5) is 8.28. The van der Waals surface area contributed by atoms with E-state index in [2.05, 4.69) is 15.3 Å². The Labute approximate surface area is 100 Å². The fourth-order valence-corrected chi connectivity index (χ4v) is 1.71. The summed E-state index contributed by atoms with van der Waals surface area (Å²) in [6.45, 7) is 1.93. The monoisotopic (exact) mass is 239 g/mol. The number of hydrogen-bond acceptors (Lipinski definition) is 6. The average molecular weight is 239 g/mol. The molecule has 6 nitrogen and oxygen atoms in total. The first-order valence-electron chi connectivity index (χ1n) is 5.66. The topological polar surface area (TPSA) is 65.5 Å². The maximum Gasteiger partial charge on any atom is 0.323 e. The van der Waals surface area contributed by atoms with Crippen LogP contribution in [0.1, 0.15) is 12.8 Å². The molecule has 2 rings (SSSR count). The lowest BCUT2D eigenvalue weighted by Crippen LogP contribution is -2.34. The van der Waals surface area contributed by atoms with Crippen LogP contribution in [0.15, 0.2) is 6.07 Å². The van der Waals surface area contributed by atoms with Gasteiger partial charge in [-0.05, 0) is 25.9 Å². The normalized spacial score (nSPS) is 16.6. The van der Waals surface area contributed by atoms with Gasteiger partial charge >= 0.3 is 6.01 Å². The van der Waals surface area contributed by atoms with Crippen LogP contribution in [0.2, 0.25) is 0 Å². The number of hydrogen-bond donors (Lipinski definition) is 1. The molecule has 1 aromatic heterocycles. The van der Waals surface area contributed by atoms with Gasteiger partial charge in [-0.15, -0.1) is 0 Å². The molecule has 0 aromatic carbocycles. The van der Waals surface area contributed by atoms with Crippen LogP contribution in [0.5, 0.6) is 17.8 Å². The third kappa shape index (κ3) is 3.20. The maximum absolute atomic E-state index is 5.72. The molecule has 1 aliphatic rings. The van der Waals surface area contributed by atoms with Crippen molar-refractivity contribution in [2.24, 2.45) is 0 Å². The third-order valence-electron chi connectivity index (χ3n) is 2.64. The second-order valence-electron chi connectivity index (χ2n) is 3.80. The highest BCUT2D eigenvalue weighted by molar-refractivity contribution is 5.22. The van der Waals surface area contributed by atoms with Crippen molar-refractivity contribution in [3.8, 4) is 17.8 Å². The van der Waals surface area contributed by atoms with Gasteiger partial charge in [-0.3, -0.25) is 0 Å². The minimum atomic E-state index is 0.160. The predicted octanol–water partition coefficient (Wildman–Crippen LogP) is 0.625. The predicted molar refractivity (Wildman–Crippen MR) is 61.7 cm³/mol. The van der Waals surface area contributed by atoms with Gasteiger partial charge in [0.05, 0.1) is 20.3 Å². The van der Waals surface area contributed by atoms with Gasteiger partial charge in [-0.2, -0.15) is 9.97 Å². The Morgan fingerprint density at radius 1 is 1.12 bits per heavy atom. The number of aromatic nitrogens is 2. The average Bonchev–Trinajstić information content (AvgIpc) is 2.39. The quantitative estimate of drug-likeness (QED) is 0.831. The van der Waals surface area contributed by atoms with Crippen molar-refractivity contribution in [2.75, 3.05) is 27.3 Å². The molecule has 0 radical (unpaired) electrons. The molecule has 17 heavy (non-hydrogen) atoms. The summed E-state index contributed by atoms with van der Waals surface area (Å²) in [5, 5.41) is 3.28. The Balaban J connectivity index is 2.07. The summed E-state index contributed by atoms with van der Waals surface area (Å²) in [5.41, 5.74) is 0. The maximum atomic E-state index is 5.72. The lowest BCUT2D eigenvalue weighted by molar-refractivity contribution is 0.145. The number of nitrogens with zero attached hydrogens (tertiary/aromatic N) is 2. The number of nitrogens with one attached hydrogen (secondary N) is 1. The van der Waals surface area contributed by atoms with Crippen LogP contribution in [0.3, 0.4) is 0 Å². The highest BCUT2D eigenvalue weighted by atomic mass is 16.5. The van der Waals surface area contributed by atoms with Crippen molar-refractivity contribution in [1.82, 2.24) is 15.3 Å². The van der Waals surface area contributed by atoms with Gasteiger partial charge in [0.15, 0.2) is 0 Å². The lowest BCUT2D eigenvalue weighted by atomic mass is 10.1. The molecule has 1 aliphatic heterocycles. The van der Waals surface area contributed by atoms with Gasteiger partial charge < -0.3 is 19.5 Å². The number of rotatable bonds is 4. The molecule has 1 aromatic rings.